The molecule has 142 valence electrons. The summed E-state index contributed by atoms with van der Waals surface area (Å²) in [6.07, 6.45) is 4.12. The number of carbonyl (C=O) groups is 1. The molecule has 0 unspecified atom stereocenters. The van der Waals surface area contributed by atoms with Crippen LogP contribution < -0.4 is 0 Å². The van der Waals surface area contributed by atoms with Crippen LogP contribution in [0.25, 0.3) is 5.65 Å². The van der Waals surface area contributed by atoms with Crippen LogP contribution in [0.3, 0.4) is 0 Å². The van der Waals surface area contributed by atoms with Gasteiger partial charge in [-0.25, -0.2) is 9.50 Å². The monoisotopic (exact) mass is 376 g/mol. The van der Waals surface area contributed by atoms with Crippen molar-refractivity contribution in [3.8, 4) is 12.1 Å². The van der Waals surface area contributed by atoms with Gasteiger partial charge in [-0.15, -0.1) is 0 Å². The number of nitriles is 2. The van der Waals surface area contributed by atoms with Crippen molar-refractivity contribution in [1.29, 1.82) is 10.5 Å². The molecule has 0 radical (unpaired) electrons. The van der Waals surface area contributed by atoms with E-state index >= 15 is 0 Å². The molecule has 0 saturated heterocycles. The third-order valence-corrected chi connectivity index (χ3v) is 4.69. The number of furan rings is 1. The maximum atomic E-state index is 12.8. The number of hydrogen-bond acceptors (Lipinski definition) is 6. The summed E-state index contributed by atoms with van der Waals surface area (Å²) in [5.41, 5.74) is 3.54. The Bertz CT molecular complexity index is 1070. The lowest BCUT2D eigenvalue weighted by atomic mass is 10.1. The van der Waals surface area contributed by atoms with Gasteiger partial charge in [0.2, 0.25) is 5.91 Å². The molecule has 0 aromatic carbocycles. The molecular formula is C20H20N6O2. The van der Waals surface area contributed by atoms with Gasteiger partial charge in [-0.1, -0.05) is 0 Å². The minimum atomic E-state index is -0.0521. The molecule has 28 heavy (non-hydrogen) atoms. The first-order chi connectivity index (χ1) is 13.5. The Kier molecular flexibility index (Phi) is 5.71. The van der Waals surface area contributed by atoms with Crippen molar-refractivity contribution in [2.75, 3.05) is 6.54 Å². The number of hydrogen-bond donors (Lipinski definition) is 0. The highest BCUT2D eigenvalue weighted by Gasteiger charge is 2.18. The molecule has 0 fully saturated rings. The van der Waals surface area contributed by atoms with E-state index < -0.39 is 0 Å². The van der Waals surface area contributed by atoms with Gasteiger partial charge in [-0.3, -0.25) is 4.79 Å². The van der Waals surface area contributed by atoms with Crippen molar-refractivity contribution >= 4 is 11.6 Å². The van der Waals surface area contributed by atoms with E-state index in [4.69, 9.17) is 14.9 Å². The third-order valence-electron chi connectivity index (χ3n) is 4.69. The van der Waals surface area contributed by atoms with Crippen molar-refractivity contribution in [2.24, 2.45) is 0 Å². The highest BCUT2D eigenvalue weighted by molar-refractivity contribution is 5.76. The van der Waals surface area contributed by atoms with Gasteiger partial charge in [0.1, 0.15) is 17.4 Å². The minimum Gasteiger partial charge on any atom is -0.467 e. The van der Waals surface area contributed by atoms with E-state index in [1.54, 1.807) is 21.7 Å². The van der Waals surface area contributed by atoms with E-state index in [2.05, 4.69) is 22.2 Å². The normalized spacial score (nSPS) is 10.6. The van der Waals surface area contributed by atoms with Crippen molar-refractivity contribution in [1.82, 2.24) is 19.5 Å². The quantitative estimate of drug-likeness (QED) is 0.627. The molecule has 0 aliphatic heterocycles. The molecule has 3 aromatic rings. The lowest BCUT2D eigenvalue weighted by Crippen LogP contribution is -2.31. The van der Waals surface area contributed by atoms with Crippen molar-refractivity contribution < 1.29 is 9.21 Å². The molecule has 3 heterocycles. The van der Waals surface area contributed by atoms with Gasteiger partial charge in [0.05, 0.1) is 31.5 Å². The zero-order valence-corrected chi connectivity index (χ0v) is 15.8. The lowest BCUT2D eigenvalue weighted by molar-refractivity contribution is -0.132. The van der Waals surface area contributed by atoms with Gasteiger partial charge in [0, 0.05) is 24.4 Å². The Morgan fingerprint density at radius 1 is 1.36 bits per heavy atom. The highest BCUT2D eigenvalue weighted by Crippen LogP contribution is 2.19. The Hall–Kier alpha value is -3.65. The molecule has 8 heteroatoms. The van der Waals surface area contributed by atoms with Crippen LogP contribution in [0.15, 0.2) is 29.0 Å². The summed E-state index contributed by atoms with van der Waals surface area (Å²) in [6.45, 7) is 4.48. The maximum absolute atomic E-state index is 12.8. The van der Waals surface area contributed by atoms with Gasteiger partial charge in [-0.2, -0.15) is 15.6 Å². The number of aromatic nitrogens is 3. The second kappa shape index (κ2) is 8.36. The van der Waals surface area contributed by atoms with E-state index in [1.165, 1.54) is 6.20 Å². The number of carbonyl (C=O) groups excluding carboxylic acids is 1. The average molecular weight is 376 g/mol. The molecule has 0 N–H and O–H groups in total. The Morgan fingerprint density at radius 2 is 2.18 bits per heavy atom. The number of nitrogens with zero attached hydrogens (tertiary/aromatic N) is 6. The zero-order chi connectivity index (χ0) is 20.1. The highest BCUT2D eigenvalue weighted by atomic mass is 16.3. The number of fused-ring (bicyclic) bond motifs is 1. The van der Waals surface area contributed by atoms with Gasteiger partial charge in [-0.05, 0) is 38.0 Å². The summed E-state index contributed by atoms with van der Waals surface area (Å²) < 4.78 is 6.97. The predicted molar refractivity (Wildman–Crippen MR) is 99.9 cm³/mol. The Balaban J connectivity index is 1.77. The van der Waals surface area contributed by atoms with Crippen LogP contribution in [-0.4, -0.2) is 31.9 Å². The van der Waals surface area contributed by atoms with E-state index in [1.807, 2.05) is 19.9 Å². The molecule has 0 bridgehead atoms. The lowest BCUT2D eigenvalue weighted by Gasteiger charge is -2.21. The van der Waals surface area contributed by atoms with Crippen molar-refractivity contribution in [2.45, 2.75) is 39.7 Å². The summed E-state index contributed by atoms with van der Waals surface area (Å²) in [5.74, 6) is 0.631. The molecule has 0 spiro atoms. The van der Waals surface area contributed by atoms with E-state index in [0.29, 0.717) is 36.5 Å². The largest absolute Gasteiger partial charge is 0.467 e. The fraction of sp³-hybridized carbons (Fsp3) is 0.350. The summed E-state index contributed by atoms with van der Waals surface area (Å²) in [7, 11) is 0. The predicted octanol–water partition coefficient (Wildman–Crippen LogP) is 2.69. The molecule has 0 aliphatic carbocycles. The maximum Gasteiger partial charge on any atom is 0.223 e. The smallest absolute Gasteiger partial charge is 0.223 e. The van der Waals surface area contributed by atoms with Crippen LogP contribution >= 0.6 is 0 Å². The molecule has 0 aliphatic rings. The molecule has 8 nitrogen and oxygen atoms in total. The first-order valence-electron chi connectivity index (χ1n) is 8.96. The Morgan fingerprint density at radius 3 is 2.86 bits per heavy atom. The second-order valence-corrected chi connectivity index (χ2v) is 6.47. The third kappa shape index (κ3) is 3.86. The summed E-state index contributed by atoms with van der Waals surface area (Å²) >= 11 is 0. The van der Waals surface area contributed by atoms with Crippen molar-refractivity contribution in [3.63, 3.8) is 0 Å². The van der Waals surface area contributed by atoms with Gasteiger partial charge in [0.15, 0.2) is 5.65 Å². The summed E-state index contributed by atoms with van der Waals surface area (Å²) in [5, 5.41) is 22.3. The molecule has 0 saturated carbocycles. The first-order valence-corrected chi connectivity index (χ1v) is 8.96. The fourth-order valence-corrected chi connectivity index (χ4v) is 3.21. The average Bonchev–Trinajstić information content (AvgIpc) is 3.34. The topological polar surface area (TPSA) is 111 Å². The summed E-state index contributed by atoms with van der Waals surface area (Å²) in [6, 6.07) is 7.75. The summed E-state index contributed by atoms with van der Waals surface area (Å²) in [4.78, 5) is 18.9. The standard InChI is InChI=1S/C20H20N6O2/c1-14-18(15(2)26-20(24-14)16(11-22)12-23-26)6-7-19(27)25(9-4-8-21)13-17-5-3-10-28-17/h3,5,10,12H,4,6-7,9,13H2,1-2H3. The molecular weight excluding hydrogens is 356 g/mol. The van der Waals surface area contributed by atoms with Crippen LogP contribution in [0.4, 0.5) is 0 Å². The van der Waals surface area contributed by atoms with E-state index in [9.17, 15) is 4.79 Å². The molecule has 1 amide bonds. The van der Waals surface area contributed by atoms with Crippen LogP contribution in [0.2, 0.25) is 0 Å². The fourth-order valence-electron chi connectivity index (χ4n) is 3.21. The number of amides is 1. The van der Waals surface area contributed by atoms with Crippen LogP contribution in [0.5, 0.6) is 0 Å². The molecule has 3 aromatic heterocycles. The SMILES string of the molecule is Cc1nc2c(C#N)cnn2c(C)c1CCC(=O)N(CCC#N)Cc1ccco1. The van der Waals surface area contributed by atoms with E-state index in [-0.39, 0.29) is 18.7 Å². The van der Waals surface area contributed by atoms with Crippen LogP contribution in [0, 0.1) is 36.5 Å². The van der Waals surface area contributed by atoms with Crippen molar-refractivity contribution in [3.05, 3.63) is 52.9 Å². The first kappa shape index (κ1) is 19.1. The number of rotatable bonds is 7. The van der Waals surface area contributed by atoms with Gasteiger partial charge < -0.3 is 9.32 Å². The molecule has 0 atom stereocenters. The Labute approximate surface area is 162 Å². The minimum absolute atomic E-state index is 0.0521. The zero-order valence-electron chi connectivity index (χ0n) is 15.8. The van der Waals surface area contributed by atoms with Crippen LogP contribution in [0.1, 0.15) is 41.1 Å². The number of aryl methyl sites for hydroxylation is 2. The van der Waals surface area contributed by atoms with E-state index in [0.717, 1.165) is 17.0 Å². The van der Waals surface area contributed by atoms with Gasteiger partial charge >= 0.3 is 0 Å². The molecule has 3 rings (SSSR count). The second-order valence-electron chi connectivity index (χ2n) is 6.47. The van der Waals surface area contributed by atoms with Crippen LogP contribution in [-0.2, 0) is 17.8 Å². The van der Waals surface area contributed by atoms with Gasteiger partial charge in [0.25, 0.3) is 0 Å².